The third-order valence-corrected chi connectivity index (χ3v) is 1.85. The predicted molar refractivity (Wildman–Crippen MR) is 49.7 cm³/mol. The lowest BCUT2D eigenvalue weighted by Crippen LogP contribution is -2.09. The molecule has 92 valence electrons. The molecule has 0 unspecified atom stereocenters. The summed E-state index contributed by atoms with van der Waals surface area (Å²) >= 11 is 0. The van der Waals surface area contributed by atoms with Crippen molar-refractivity contribution in [2.75, 3.05) is 0 Å². The molecular weight excluding hydrogens is 243 g/mol. The van der Waals surface area contributed by atoms with Crippen molar-refractivity contribution in [2.45, 2.75) is 13.5 Å². The number of rotatable bonds is 4. The number of carbonyl (C=O) groups excluding carboxylic acids is 1. The molecule has 0 atom stereocenters. The van der Waals surface area contributed by atoms with Crippen LogP contribution in [0.1, 0.15) is 17.3 Å². The molecule has 0 aliphatic heterocycles. The third kappa shape index (κ3) is 2.71. The highest BCUT2D eigenvalue weighted by Gasteiger charge is 2.29. The second-order valence-corrected chi connectivity index (χ2v) is 2.96. The van der Waals surface area contributed by atoms with Gasteiger partial charge in [0.05, 0.1) is 10.5 Å². The number of hydrogen-bond donors (Lipinski definition) is 0. The van der Waals surface area contributed by atoms with Crippen molar-refractivity contribution in [3.05, 3.63) is 33.6 Å². The highest BCUT2D eigenvalue weighted by atomic mass is 19.3. The average molecular weight is 249 g/mol. The van der Waals surface area contributed by atoms with Gasteiger partial charge in [-0.1, -0.05) is 0 Å². The van der Waals surface area contributed by atoms with Gasteiger partial charge in [0.15, 0.2) is 11.6 Å². The molecule has 0 spiro atoms. The van der Waals surface area contributed by atoms with E-state index in [2.05, 4.69) is 4.74 Å². The van der Waals surface area contributed by atoms with Gasteiger partial charge in [0.25, 0.3) is 0 Å². The molecule has 17 heavy (non-hydrogen) atoms. The minimum absolute atomic E-state index is 0.493. The van der Waals surface area contributed by atoms with Crippen LogP contribution in [0.15, 0.2) is 12.1 Å². The van der Waals surface area contributed by atoms with Gasteiger partial charge in [-0.25, -0.2) is 4.39 Å². The molecule has 0 saturated carbocycles. The van der Waals surface area contributed by atoms with E-state index in [-0.39, 0.29) is 0 Å². The van der Waals surface area contributed by atoms with Gasteiger partial charge in [0.2, 0.25) is 5.75 Å². The van der Waals surface area contributed by atoms with E-state index in [9.17, 15) is 28.1 Å². The summed E-state index contributed by atoms with van der Waals surface area (Å²) in [5, 5.41) is 10.6. The number of benzene rings is 1. The molecule has 0 amide bonds. The molecule has 0 aromatic heterocycles. The SMILES string of the molecule is CC(=O)c1ccc(F)c(OC(F)F)c1[N+](=O)[O-]. The van der Waals surface area contributed by atoms with Crippen molar-refractivity contribution in [3.63, 3.8) is 0 Å². The number of nitrogens with zero attached hydrogens (tertiary/aromatic N) is 1. The van der Waals surface area contributed by atoms with Crippen molar-refractivity contribution in [3.8, 4) is 5.75 Å². The van der Waals surface area contributed by atoms with Crippen LogP contribution in [0, 0.1) is 15.9 Å². The molecule has 0 bridgehead atoms. The van der Waals surface area contributed by atoms with Gasteiger partial charge in [-0.2, -0.15) is 8.78 Å². The summed E-state index contributed by atoms with van der Waals surface area (Å²) in [6, 6.07) is 1.50. The van der Waals surface area contributed by atoms with Crippen LogP contribution < -0.4 is 4.74 Å². The maximum absolute atomic E-state index is 13.1. The van der Waals surface area contributed by atoms with E-state index in [1.165, 1.54) is 0 Å². The summed E-state index contributed by atoms with van der Waals surface area (Å²) in [5.41, 5.74) is -1.59. The quantitative estimate of drug-likeness (QED) is 0.467. The van der Waals surface area contributed by atoms with Crippen LogP contribution >= 0.6 is 0 Å². The normalized spacial score (nSPS) is 10.4. The minimum Gasteiger partial charge on any atom is -0.424 e. The Labute approximate surface area is 93.0 Å². The van der Waals surface area contributed by atoms with Gasteiger partial charge in [0, 0.05) is 0 Å². The molecule has 1 aromatic rings. The Morgan fingerprint density at radius 2 is 2.06 bits per heavy atom. The van der Waals surface area contributed by atoms with Crippen LogP contribution in [-0.4, -0.2) is 17.3 Å². The Kier molecular flexibility index (Phi) is 3.66. The topological polar surface area (TPSA) is 69.4 Å². The first-order chi connectivity index (χ1) is 7.84. The molecular formula is C9H6F3NO4. The Balaban J connectivity index is 3.48. The van der Waals surface area contributed by atoms with E-state index >= 15 is 0 Å². The molecule has 0 aliphatic carbocycles. The summed E-state index contributed by atoms with van der Waals surface area (Å²) in [5.74, 6) is -3.32. The van der Waals surface area contributed by atoms with E-state index in [1.54, 1.807) is 0 Å². The standard InChI is InChI=1S/C9H6F3NO4/c1-4(14)5-2-3-6(10)8(17-9(11)12)7(5)13(15)16/h2-3,9H,1H3. The first kappa shape index (κ1) is 12.9. The summed E-state index contributed by atoms with van der Waals surface area (Å²) in [7, 11) is 0. The largest absolute Gasteiger partial charge is 0.424 e. The Bertz CT molecular complexity index is 476. The first-order valence-corrected chi connectivity index (χ1v) is 4.27. The summed E-state index contributed by atoms with van der Waals surface area (Å²) in [6.45, 7) is -2.43. The van der Waals surface area contributed by atoms with Crippen molar-refractivity contribution >= 4 is 11.5 Å². The van der Waals surface area contributed by atoms with Gasteiger partial charge in [-0.3, -0.25) is 14.9 Å². The molecule has 8 heteroatoms. The Morgan fingerprint density at radius 1 is 1.47 bits per heavy atom. The molecule has 0 radical (unpaired) electrons. The zero-order valence-electron chi connectivity index (χ0n) is 8.45. The third-order valence-electron chi connectivity index (χ3n) is 1.85. The summed E-state index contributed by atoms with van der Waals surface area (Å²) in [4.78, 5) is 20.6. The molecule has 0 fully saturated rings. The Hall–Kier alpha value is -2.12. The van der Waals surface area contributed by atoms with Gasteiger partial charge < -0.3 is 4.74 Å². The van der Waals surface area contributed by atoms with Crippen molar-refractivity contribution in [2.24, 2.45) is 0 Å². The van der Waals surface area contributed by atoms with Crippen LogP contribution in [0.2, 0.25) is 0 Å². The number of carbonyl (C=O) groups is 1. The van der Waals surface area contributed by atoms with E-state index in [0.29, 0.717) is 6.07 Å². The molecule has 1 aromatic carbocycles. The van der Waals surface area contributed by atoms with Crippen molar-refractivity contribution < 1.29 is 27.6 Å². The zero-order valence-corrected chi connectivity index (χ0v) is 8.45. The van der Waals surface area contributed by atoms with E-state index in [0.717, 1.165) is 13.0 Å². The van der Waals surface area contributed by atoms with Crippen LogP contribution in [-0.2, 0) is 0 Å². The van der Waals surface area contributed by atoms with Crippen molar-refractivity contribution in [1.82, 2.24) is 0 Å². The molecule has 5 nitrogen and oxygen atoms in total. The highest BCUT2D eigenvalue weighted by Crippen LogP contribution is 2.34. The fourth-order valence-electron chi connectivity index (χ4n) is 1.21. The lowest BCUT2D eigenvalue weighted by atomic mass is 10.1. The van der Waals surface area contributed by atoms with E-state index < -0.39 is 40.1 Å². The van der Waals surface area contributed by atoms with Gasteiger partial charge >= 0.3 is 12.3 Å². The van der Waals surface area contributed by atoms with Crippen LogP contribution in [0.5, 0.6) is 5.75 Å². The molecule has 1 rings (SSSR count). The van der Waals surface area contributed by atoms with Crippen LogP contribution in [0.3, 0.4) is 0 Å². The molecule has 0 N–H and O–H groups in total. The average Bonchev–Trinajstić information content (AvgIpc) is 2.19. The van der Waals surface area contributed by atoms with Crippen LogP contribution in [0.4, 0.5) is 18.9 Å². The second kappa shape index (κ2) is 4.81. The molecule has 0 saturated heterocycles. The number of Topliss-reactive ketones (excluding diaryl/α,β-unsaturated/α-hetero) is 1. The number of halogens is 3. The number of alkyl halides is 2. The summed E-state index contributed by atoms with van der Waals surface area (Å²) in [6.07, 6.45) is 0. The van der Waals surface area contributed by atoms with Crippen LogP contribution in [0.25, 0.3) is 0 Å². The summed E-state index contributed by atoms with van der Waals surface area (Å²) < 4.78 is 40.8. The Morgan fingerprint density at radius 3 is 2.47 bits per heavy atom. The minimum atomic E-state index is -3.43. The van der Waals surface area contributed by atoms with E-state index in [4.69, 9.17) is 0 Å². The van der Waals surface area contributed by atoms with Gasteiger partial charge in [-0.05, 0) is 19.1 Å². The monoisotopic (exact) mass is 249 g/mol. The molecule has 0 heterocycles. The fourth-order valence-corrected chi connectivity index (χ4v) is 1.21. The lowest BCUT2D eigenvalue weighted by molar-refractivity contribution is -0.386. The second-order valence-electron chi connectivity index (χ2n) is 2.96. The zero-order chi connectivity index (χ0) is 13.2. The smallest absolute Gasteiger partial charge is 0.387 e. The molecule has 0 aliphatic rings. The number of nitro benzene ring substituents is 1. The first-order valence-electron chi connectivity index (χ1n) is 4.27. The van der Waals surface area contributed by atoms with Gasteiger partial charge in [-0.15, -0.1) is 0 Å². The van der Waals surface area contributed by atoms with E-state index in [1.807, 2.05) is 0 Å². The fraction of sp³-hybridized carbons (Fsp3) is 0.222. The predicted octanol–water partition coefficient (Wildman–Crippen LogP) is 2.54. The van der Waals surface area contributed by atoms with Gasteiger partial charge in [0.1, 0.15) is 0 Å². The number of hydrogen-bond acceptors (Lipinski definition) is 4. The van der Waals surface area contributed by atoms with Crippen molar-refractivity contribution in [1.29, 1.82) is 0 Å². The highest BCUT2D eigenvalue weighted by molar-refractivity contribution is 5.99. The maximum atomic E-state index is 13.1. The number of ether oxygens (including phenoxy) is 1. The lowest BCUT2D eigenvalue weighted by Gasteiger charge is -2.08. The number of ketones is 1. The number of nitro groups is 1. The maximum Gasteiger partial charge on any atom is 0.387 e.